The third-order valence-corrected chi connectivity index (χ3v) is 4.33. The van der Waals surface area contributed by atoms with Crippen LogP contribution in [0.3, 0.4) is 0 Å². The van der Waals surface area contributed by atoms with Crippen molar-refractivity contribution in [2.24, 2.45) is 0 Å². The van der Waals surface area contributed by atoms with Crippen molar-refractivity contribution in [1.29, 1.82) is 0 Å². The first-order valence-electron chi connectivity index (χ1n) is 8.25. The number of halogens is 1. The third-order valence-electron chi connectivity index (χ3n) is 4.33. The zero-order chi connectivity index (χ0) is 15.1. The summed E-state index contributed by atoms with van der Waals surface area (Å²) in [7, 11) is 0. The normalized spacial score (nSPS) is 15.7. The molecular weight excluding hydrogens is 296 g/mol. The molecule has 2 N–H and O–H groups in total. The molecule has 124 valence electrons. The number of aryl methyl sites for hydroxylation is 2. The van der Waals surface area contributed by atoms with E-state index in [1.54, 1.807) is 0 Å². The summed E-state index contributed by atoms with van der Waals surface area (Å²) in [4.78, 5) is 12.1. The van der Waals surface area contributed by atoms with Gasteiger partial charge in [-0.3, -0.25) is 4.79 Å². The number of nitrogens with one attached hydrogen (secondary N) is 2. The smallest absolute Gasteiger partial charge is 0.251 e. The first kappa shape index (κ1) is 19.0. The van der Waals surface area contributed by atoms with Crippen LogP contribution in [0.5, 0.6) is 0 Å². The van der Waals surface area contributed by atoms with E-state index in [0.29, 0.717) is 12.6 Å². The third kappa shape index (κ3) is 5.98. The number of hydrogen-bond donors (Lipinski definition) is 2. The Kier molecular flexibility index (Phi) is 8.51. The molecule has 0 unspecified atom stereocenters. The summed E-state index contributed by atoms with van der Waals surface area (Å²) >= 11 is 0. The van der Waals surface area contributed by atoms with Gasteiger partial charge in [0.05, 0.1) is 0 Å². The minimum atomic E-state index is 0. The van der Waals surface area contributed by atoms with Crippen LogP contribution in [0.4, 0.5) is 0 Å². The fraction of sp³-hybridized carbons (Fsp3) is 0.611. The van der Waals surface area contributed by atoms with Crippen LogP contribution in [-0.4, -0.2) is 25.0 Å². The molecule has 1 aromatic rings. The van der Waals surface area contributed by atoms with E-state index in [-0.39, 0.29) is 18.3 Å². The number of hydrogen-bond acceptors (Lipinski definition) is 2. The Balaban J connectivity index is 0.00000242. The average molecular weight is 325 g/mol. The first-order chi connectivity index (χ1) is 10.2. The van der Waals surface area contributed by atoms with Crippen molar-refractivity contribution in [1.82, 2.24) is 10.6 Å². The summed E-state index contributed by atoms with van der Waals surface area (Å²) in [5, 5.41) is 6.59. The Morgan fingerprint density at radius 3 is 2.41 bits per heavy atom. The molecular formula is C18H29ClN2O. The second-order valence-corrected chi connectivity index (χ2v) is 6.22. The summed E-state index contributed by atoms with van der Waals surface area (Å²) in [6.45, 7) is 5.60. The van der Waals surface area contributed by atoms with Crippen LogP contribution in [0.25, 0.3) is 0 Å². The summed E-state index contributed by atoms with van der Waals surface area (Å²) < 4.78 is 0. The molecule has 1 aliphatic rings. The van der Waals surface area contributed by atoms with Gasteiger partial charge >= 0.3 is 0 Å². The molecule has 1 aromatic carbocycles. The summed E-state index contributed by atoms with van der Waals surface area (Å²) in [5.74, 6) is 0.0372. The molecule has 0 heterocycles. The summed E-state index contributed by atoms with van der Waals surface area (Å²) in [5.41, 5.74) is 3.03. The van der Waals surface area contributed by atoms with Crippen molar-refractivity contribution in [3.63, 3.8) is 0 Å². The standard InChI is InChI=1S/C18H28N2O.ClH/c1-14-9-10-17(15(2)13-14)18(21)20-12-11-19-16-7-5-3-4-6-8-16;/h9-10,13,16,19H,3-8,11-12H2,1-2H3,(H,20,21);1H. The van der Waals surface area contributed by atoms with Gasteiger partial charge in [0.1, 0.15) is 0 Å². The van der Waals surface area contributed by atoms with Crippen LogP contribution in [-0.2, 0) is 0 Å². The van der Waals surface area contributed by atoms with E-state index in [9.17, 15) is 4.79 Å². The van der Waals surface area contributed by atoms with Crippen molar-refractivity contribution >= 4 is 18.3 Å². The van der Waals surface area contributed by atoms with E-state index in [0.717, 1.165) is 17.7 Å². The van der Waals surface area contributed by atoms with Crippen molar-refractivity contribution < 1.29 is 4.79 Å². The van der Waals surface area contributed by atoms with Gasteiger partial charge in [0.15, 0.2) is 0 Å². The first-order valence-corrected chi connectivity index (χ1v) is 8.25. The highest BCUT2D eigenvalue weighted by Crippen LogP contribution is 2.16. The number of amides is 1. The highest BCUT2D eigenvalue weighted by atomic mass is 35.5. The van der Waals surface area contributed by atoms with E-state index in [2.05, 4.69) is 16.7 Å². The van der Waals surface area contributed by atoms with Crippen LogP contribution in [0.15, 0.2) is 18.2 Å². The van der Waals surface area contributed by atoms with E-state index in [4.69, 9.17) is 0 Å². The number of benzene rings is 1. The second-order valence-electron chi connectivity index (χ2n) is 6.22. The van der Waals surface area contributed by atoms with Gasteiger partial charge in [-0.1, -0.05) is 43.4 Å². The minimum absolute atomic E-state index is 0. The van der Waals surface area contributed by atoms with Crippen molar-refractivity contribution in [3.8, 4) is 0 Å². The molecule has 0 bridgehead atoms. The molecule has 0 aliphatic heterocycles. The Morgan fingerprint density at radius 2 is 1.77 bits per heavy atom. The number of rotatable bonds is 5. The Bertz CT molecular complexity index is 468. The van der Waals surface area contributed by atoms with Crippen LogP contribution < -0.4 is 10.6 Å². The monoisotopic (exact) mass is 324 g/mol. The van der Waals surface area contributed by atoms with Gasteiger partial charge in [-0.05, 0) is 38.3 Å². The van der Waals surface area contributed by atoms with Crippen LogP contribution in [0, 0.1) is 13.8 Å². The highest BCUT2D eigenvalue weighted by molar-refractivity contribution is 5.95. The summed E-state index contributed by atoms with van der Waals surface area (Å²) in [6.07, 6.45) is 8.00. The Hall–Kier alpha value is -1.06. The Labute approximate surface area is 140 Å². The van der Waals surface area contributed by atoms with E-state index >= 15 is 0 Å². The lowest BCUT2D eigenvalue weighted by Gasteiger charge is -2.16. The number of carbonyl (C=O) groups excluding carboxylic acids is 1. The molecule has 0 atom stereocenters. The van der Waals surface area contributed by atoms with Gasteiger partial charge in [0, 0.05) is 24.7 Å². The molecule has 4 heteroatoms. The maximum atomic E-state index is 12.1. The molecule has 1 aliphatic carbocycles. The SMILES string of the molecule is Cc1ccc(C(=O)NCCNC2CCCCCC2)c(C)c1.Cl. The lowest BCUT2D eigenvalue weighted by Crippen LogP contribution is -2.37. The lowest BCUT2D eigenvalue weighted by atomic mass is 10.1. The molecule has 1 amide bonds. The minimum Gasteiger partial charge on any atom is -0.351 e. The van der Waals surface area contributed by atoms with Gasteiger partial charge in [-0.2, -0.15) is 0 Å². The molecule has 0 saturated heterocycles. The zero-order valence-corrected chi connectivity index (χ0v) is 14.6. The molecule has 3 nitrogen and oxygen atoms in total. The highest BCUT2D eigenvalue weighted by Gasteiger charge is 2.12. The largest absolute Gasteiger partial charge is 0.351 e. The number of carbonyl (C=O) groups is 1. The fourth-order valence-corrected chi connectivity index (χ4v) is 3.10. The van der Waals surface area contributed by atoms with Gasteiger partial charge in [0.25, 0.3) is 5.91 Å². The average Bonchev–Trinajstić information content (AvgIpc) is 2.72. The Morgan fingerprint density at radius 1 is 1.09 bits per heavy atom. The van der Waals surface area contributed by atoms with Crippen LogP contribution >= 0.6 is 12.4 Å². The van der Waals surface area contributed by atoms with Crippen LogP contribution in [0.2, 0.25) is 0 Å². The quantitative estimate of drug-likeness (QED) is 0.639. The maximum absolute atomic E-state index is 12.1. The van der Waals surface area contributed by atoms with E-state index in [1.165, 1.54) is 44.1 Å². The van der Waals surface area contributed by atoms with Crippen LogP contribution in [0.1, 0.15) is 60.0 Å². The van der Waals surface area contributed by atoms with Crippen molar-refractivity contribution in [3.05, 3.63) is 34.9 Å². The molecule has 0 radical (unpaired) electrons. The van der Waals surface area contributed by atoms with Gasteiger partial charge in [0.2, 0.25) is 0 Å². The summed E-state index contributed by atoms with van der Waals surface area (Å²) in [6, 6.07) is 6.61. The van der Waals surface area contributed by atoms with Crippen molar-refractivity contribution in [2.75, 3.05) is 13.1 Å². The topological polar surface area (TPSA) is 41.1 Å². The van der Waals surface area contributed by atoms with Crippen molar-refractivity contribution in [2.45, 2.75) is 58.4 Å². The molecule has 0 spiro atoms. The zero-order valence-electron chi connectivity index (χ0n) is 13.8. The molecule has 2 rings (SSSR count). The molecule has 0 aromatic heterocycles. The fourth-order valence-electron chi connectivity index (χ4n) is 3.10. The predicted molar refractivity (Wildman–Crippen MR) is 95.0 cm³/mol. The predicted octanol–water partition coefficient (Wildman–Crippen LogP) is 3.77. The van der Waals surface area contributed by atoms with E-state index < -0.39 is 0 Å². The maximum Gasteiger partial charge on any atom is 0.251 e. The van der Waals surface area contributed by atoms with Gasteiger partial charge in [-0.25, -0.2) is 0 Å². The van der Waals surface area contributed by atoms with E-state index in [1.807, 2.05) is 26.0 Å². The molecule has 1 fully saturated rings. The molecule has 1 saturated carbocycles. The van der Waals surface area contributed by atoms with Gasteiger partial charge in [-0.15, -0.1) is 12.4 Å². The lowest BCUT2D eigenvalue weighted by molar-refractivity contribution is 0.0953. The second kappa shape index (κ2) is 9.86. The molecule has 22 heavy (non-hydrogen) atoms. The van der Waals surface area contributed by atoms with Gasteiger partial charge < -0.3 is 10.6 Å².